The molecule has 2 amide bonds. The van der Waals surface area contributed by atoms with Crippen LogP contribution in [0.2, 0.25) is 5.02 Å². The summed E-state index contributed by atoms with van der Waals surface area (Å²) >= 11 is 6.93. The number of aromatic nitrogens is 3. The molecule has 0 saturated carbocycles. The number of sulfone groups is 1. The van der Waals surface area contributed by atoms with Crippen molar-refractivity contribution in [1.29, 1.82) is 0 Å². The number of carbonyl (C=O) groups is 2. The number of benzene rings is 4. The summed E-state index contributed by atoms with van der Waals surface area (Å²) in [5.41, 5.74) is 2.39. The van der Waals surface area contributed by atoms with Crippen molar-refractivity contribution in [2.75, 3.05) is 16.9 Å². The SMILES string of the molecule is CC(=O)Nc1cc(N=Nc2nc(C)nc3ccccc23)cc(NC(C)=O)c1O.CS(=O)(=O)c1ccc2nsc(N=Nc3ccc(O)c(Cl)c3)c2c1. The smallest absolute Gasteiger partial charge is 0.221 e. The third-order valence-electron chi connectivity index (χ3n) is 6.72. The van der Waals surface area contributed by atoms with Crippen molar-refractivity contribution in [3.8, 4) is 11.5 Å². The second-order valence-electron chi connectivity index (χ2n) is 10.8. The number of para-hydroxylation sites is 1. The van der Waals surface area contributed by atoms with Crippen molar-refractivity contribution in [3.05, 3.63) is 83.6 Å². The standard InChI is InChI=1S/C19H18N6O3.C14H10ClN3O3S2/c1-10-20-15-7-5-4-6-14(15)19(21-10)25-24-13-8-16(22-11(2)26)18(28)17(9-13)23-12(3)27;1-23(20,21)9-3-4-12-10(7-9)14(22-18-12)17-16-8-2-5-13(19)11(15)6-8/h4-9,28H,1-3H3,(H,22,26)(H,23,27);2-7,19H,1H3. The summed E-state index contributed by atoms with van der Waals surface area (Å²) in [5.74, 6) is -0.125. The second-order valence-corrected chi connectivity index (χ2v) is 14.0. The van der Waals surface area contributed by atoms with Crippen LogP contribution in [0.5, 0.6) is 11.5 Å². The third kappa shape index (κ3) is 9.21. The molecule has 0 spiro atoms. The number of azo groups is 2. The Morgan fingerprint density at radius 1 is 0.784 bits per heavy atom. The van der Waals surface area contributed by atoms with E-state index in [9.17, 15) is 28.2 Å². The molecule has 2 aromatic heterocycles. The number of nitrogens with one attached hydrogen (secondary N) is 2. The lowest BCUT2D eigenvalue weighted by Gasteiger charge is -2.11. The first-order chi connectivity index (χ1) is 24.2. The van der Waals surface area contributed by atoms with Gasteiger partial charge in [0.05, 0.1) is 43.7 Å². The average Bonchev–Trinajstić information content (AvgIpc) is 3.48. The third-order valence-corrected chi connectivity index (χ3v) is 8.89. The molecule has 51 heavy (non-hydrogen) atoms. The largest absolute Gasteiger partial charge is 0.506 e. The van der Waals surface area contributed by atoms with E-state index in [0.29, 0.717) is 38.9 Å². The Hall–Kier alpha value is -5.91. The summed E-state index contributed by atoms with van der Waals surface area (Å²) in [6.07, 6.45) is 1.15. The summed E-state index contributed by atoms with van der Waals surface area (Å²) in [6, 6.07) is 19.5. The van der Waals surface area contributed by atoms with Crippen LogP contribution in [0, 0.1) is 6.92 Å². The number of fused-ring (bicyclic) bond motifs is 2. The molecule has 2 heterocycles. The van der Waals surface area contributed by atoms with Crippen LogP contribution >= 0.6 is 23.1 Å². The number of hydrogen-bond donors (Lipinski definition) is 4. The fraction of sp³-hybridized carbons (Fsp3) is 0.121. The minimum absolute atomic E-state index is 0.0355. The number of nitrogens with zero attached hydrogens (tertiary/aromatic N) is 7. The van der Waals surface area contributed by atoms with Gasteiger partial charge < -0.3 is 20.8 Å². The highest BCUT2D eigenvalue weighted by Crippen LogP contribution is 2.38. The monoisotopic (exact) mass is 745 g/mol. The first-order valence-electron chi connectivity index (χ1n) is 14.7. The maximum atomic E-state index is 11.6. The van der Waals surface area contributed by atoms with Crippen molar-refractivity contribution in [2.45, 2.75) is 25.7 Å². The van der Waals surface area contributed by atoms with Gasteiger partial charge in [0, 0.05) is 30.9 Å². The zero-order chi connectivity index (χ0) is 36.9. The summed E-state index contributed by atoms with van der Waals surface area (Å²) < 4.78 is 27.5. The molecule has 0 saturated heterocycles. The Bertz CT molecular complexity index is 2450. The molecule has 18 heteroatoms. The quantitative estimate of drug-likeness (QED) is 0.0908. The van der Waals surface area contributed by atoms with Crippen LogP contribution in [0.1, 0.15) is 19.7 Å². The number of phenols is 2. The summed E-state index contributed by atoms with van der Waals surface area (Å²) in [6.45, 7) is 4.37. The lowest BCUT2D eigenvalue weighted by molar-refractivity contribution is -0.115. The van der Waals surface area contributed by atoms with E-state index in [1.807, 2.05) is 24.3 Å². The molecule has 6 rings (SSSR count). The number of hydrogen-bond acceptors (Lipinski definition) is 14. The van der Waals surface area contributed by atoms with E-state index >= 15 is 0 Å². The van der Waals surface area contributed by atoms with Gasteiger partial charge in [-0.15, -0.1) is 20.5 Å². The van der Waals surface area contributed by atoms with Gasteiger partial charge in [0.2, 0.25) is 11.8 Å². The number of amides is 2. The lowest BCUT2D eigenvalue weighted by Crippen LogP contribution is -2.09. The number of halogens is 1. The number of aromatic hydroxyl groups is 2. The van der Waals surface area contributed by atoms with Gasteiger partial charge in [-0.05, 0) is 79.1 Å². The molecule has 6 aromatic rings. The number of phenolic OH excluding ortho intramolecular Hbond substituents is 2. The van der Waals surface area contributed by atoms with E-state index in [1.165, 1.54) is 50.2 Å². The van der Waals surface area contributed by atoms with Gasteiger partial charge in [-0.25, -0.2) is 18.4 Å². The molecule has 0 bridgehead atoms. The first kappa shape index (κ1) is 36.4. The van der Waals surface area contributed by atoms with E-state index in [-0.39, 0.29) is 44.6 Å². The number of carbonyl (C=O) groups excluding carboxylic acids is 2. The van der Waals surface area contributed by atoms with Crippen LogP contribution in [0.4, 0.5) is 33.6 Å². The highest BCUT2D eigenvalue weighted by Gasteiger charge is 2.14. The van der Waals surface area contributed by atoms with Crippen LogP contribution in [-0.4, -0.2) is 51.0 Å². The van der Waals surface area contributed by atoms with Crippen molar-refractivity contribution >= 4 is 100 Å². The Morgan fingerprint density at radius 3 is 2.10 bits per heavy atom. The minimum Gasteiger partial charge on any atom is -0.506 e. The molecular formula is C33H28ClN9O6S2. The maximum Gasteiger partial charge on any atom is 0.221 e. The molecule has 0 aliphatic carbocycles. The molecule has 4 N–H and O–H groups in total. The van der Waals surface area contributed by atoms with Crippen LogP contribution in [0.25, 0.3) is 21.8 Å². The highest BCUT2D eigenvalue weighted by atomic mass is 35.5. The number of aryl methyl sites for hydroxylation is 1. The molecule has 0 radical (unpaired) electrons. The molecule has 0 aliphatic heterocycles. The van der Waals surface area contributed by atoms with Gasteiger partial charge in [-0.1, -0.05) is 23.7 Å². The van der Waals surface area contributed by atoms with Crippen molar-refractivity contribution in [2.24, 2.45) is 20.5 Å². The van der Waals surface area contributed by atoms with Crippen LogP contribution in [-0.2, 0) is 19.4 Å². The number of anilines is 2. The second kappa shape index (κ2) is 15.3. The Morgan fingerprint density at radius 2 is 1.45 bits per heavy atom. The van der Waals surface area contributed by atoms with Gasteiger partial charge in [0.25, 0.3) is 0 Å². The van der Waals surface area contributed by atoms with Gasteiger partial charge in [0.1, 0.15) is 11.6 Å². The normalized spacial score (nSPS) is 11.5. The van der Waals surface area contributed by atoms with Crippen LogP contribution in [0.15, 0.2) is 98.1 Å². The average molecular weight is 746 g/mol. The molecule has 0 fully saturated rings. The molecule has 15 nitrogen and oxygen atoms in total. The van der Waals surface area contributed by atoms with Crippen LogP contribution < -0.4 is 10.6 Å². The maximum absolute atomic E-state index is 11.6. The molecule has 4 aromatic carbocycles. The fourth-order valence-corrected chi connectivity index (χ4v) is 5.98. The predicted octanol–water partition coefficient (Wildman–Crippen LogP) is 8.45. The summed E-state index contributed by atoms with van der Waals surface area (Å²) in [4.78, 5) is 31.7. The van der Waals surface area contributed by atoms with Crippen molar-refractivity contribution in [3.63, 3.8) is 0 Å². The molecule has 0 atom stereocenters. The Labute approximate surface area is 299 Å². The zero-order valence-electron chi connectivity index (χ0n) is 27.3. The molecular weight excluding hydrogens is 718 g/mol. The zero-order valence-corrected chi connectivity index (χ0v) is 29.7. The topological polar surface area (TPSA) is 221 Å². The van der Waals surface area contributed by atoms with Gasteiger partial charge in [-0.2, -0.15) is 4.37 Å². The van der Waals surface area contributed by atoms with Gasteiger partial charge in [-0.3, -0.25) is 9.59 Å². The van der Waals surface area contributed by atoms with Crippen LogP contribution in [0.3, 0.4) is 0 Å². The lowest BCUT2D eigenvalue weighted by atomic mass is 10.2. The van der Waals surface area contributed by atoms with E-state index in [0.717, 1.165) is 28.7 Å². The highest BCUT2D eigenvalue weighted by molar-refractivity contribution is 7.90. The van der Waals surface area contributed by atoms with E-state index in [4.69, 9.17) is 11.6 Å². The Kier molecular flexibility index (Phi) is 10.9. The van der Waals surface area contributed by atoms with Gasteiger partial charge in [0.15, 0.2) is 26.4 Å². The summed E-state index contributed by atoms with van der Waals surface area (Å²) in [5, 5.41) is 43.2. The number of rotatable bonds is 7. The fourth-order valence-electron chi connectivity index (χ4n) is 4.47. The van der Waals surface area contributed by atoms with E-state index in [2.05, 4.69) is 45.4 Å². The predicted molar refractivity (Wildman–Crippen MR) is 195 cm³/mol. The van der Waals surface area contributed by atoms with E-state index in [1.54, 1.807) is 19.1 Å². The molecule has 0 aliphatic rings. The first-order valence-corrected chi connectivity index (χ1v) is 17.8. The van der Waals surface area contributed by atoms with Gasteiger partial charge >= 0.3 is 0 Å². The minimum atomic E-state index is -3.31. The molecule has 260 valence electrons. The summed E-state index contributed by atoms with van der Waals surface area (Å²) in [7, 11) is -3.31. The van der Waals surface area contributed by atoms with Crippen molar-refractivity contribution in [1.82, 2.24) is 14.3 Å². The van der Waals surface area contributed by atoms with Crippen molar-refractivity contribution < 1.29 is 28.2 Å². The molecule has 0 unspecified atom stereocenters. The van der Waals surface area contributed by atoms with E-state index < -0.39 is 9.84 Å². The Balaban J connectivity index is 0.000000201.